The van der Waals surface area contributed by atoms with E-state index in [1.165, 1.54) is 17.9 Å². The van der Waals surface area contributed by atoms with Crippen molar-refractivity contribution in [2.24, 2.45) is 11.7 Å². The maximum atomic E-state index is 11.1. The van der Waals surface area contributed by atoms with Crippen molar-refractivity contribution >= 4 is 11.8 Å². The zero-order valence-corrected chi connectivity index (χ0v) is 11.7. The van der Waals surface area contributed by atoms with Crippen LogP contribution in [0.1, 0.15) is 26.7 Å². The normalized spacial score (nSPS) is 12.6. The second-order valence-corrected chi connectivity index (χ2v) is 4.41. The lowest BCUT2D eigenvalue weighted by Gasteiger charge is -2.20. The fraction of sp³-hybridized carbons (Fsp3) is 0.692. The maximum Gasteiger partial charge on any atom is 0.316 e. The van der Waals surface area contributed by atoms with Gasteiger partial charge >= 0.3 is 6.03 Å². The number of hydrogen-bond donors (Lipinski definition) is 2. The number of aliphatic hydroxyl groups is 1. The van der Waals surface area contributed by atoms with Crippen molar-refractivity contribution in [3.05, 3.63) is 12.2 Å². The van der Waals surface area contributed by atoms with Gasteiger partial charge in [0.2, 0.25) is 0 Å². The summed E-state index contributed by atoms with van der Waals surface area (Å²) in [5, 5.41) is 9.10. The van der Waals surface area contributed by atoms with Crippen LogP contribution < -0.4 is 5.73 Å². The predicted octanol–water partition coefficient (Wildman–Crippen LogP) is 0.895. The molecule has 3 N–H and O–H groups in total. The molecule has 6 heteroatoms. The highest BCUT2D eigenvalue weighted by Crippen LogP contribution is 2.06. The van der Waals surface area contributed by atoms with Crippen LogP contribution in [0.2, 0.25) is 0 Å². The number of carbonyl (C=O) groups is 2. The van der Waals surface area contributed by atoms with Crippen LogP contribution in [0.5, 0.6) is 0 Å². The second-order valence-electron chi connectivity index (χ2n) is 4.41. The van der Waals surface area contributed by atoms with Crippen molar-refractivity contribution in [3.63, 3.8) is 0 Å². The SMILES string of the molecule is CCC[C@H](CO)COCN(C/C=C\C(C)=O)C(N)=O. The summed E-state index contributed by atoms with van der Waals surface area (Å²) in [6.45, 7) is 4.19. The lowest BCUT2D eigenvalue weighted by atomic mass is 10.1. The van der Waals surface area contributed by atoms with Gasteiger partial charge in [-0.05, 0) is 19.4 Å². The number of ether oxygens (including phenoxy) is 1. The van der Waals surface area contributed by atoms with E-state index in [2.05, 4.69) is 0 Å². The highest BCUT2D eigenvalue weighted by atomic mass is 16.5. The number of rotatable bonds is 10. The Bertz CT molecular complexity index is 305. The minimum atomic E-state index is -0.607. The molecule has 0 aliphatic carbocycles. The number of amides is 2. The molecule has 0 aliphatic rings. The number of aliphatic hydroxyl groups excluding tert-OH is 1. The lowest BCUT2D eigenvalue weighted by molar-refractivity contribution is -0.112. The summed E-state index contributed by atoms with van der Waals surface area (Å²) in [7, 11) is 0. The average molecular weight is 272 g/mol. The molecule has 0 fully saturated rings. The number of ketones is 1. The van der Waals surface area contributed by atoms with Gasteiger partial charge < -0.3 is 15.6 Å². The summed E-state index contributed by atoms with van der Waals surface area (Å²) in [4.78, 5) is 23.2. The van der Waals surface area contributed by atoms with Crippen molar-refractivity contribution in [3.8, 4) is 0 Å². The first kappa shape index (κ1) is 17.6. The number of hydrogen-bond acceptors (Lipinski definition) is 4. The van der Waals surface area contributed by atoms with Gasteiger partial charge in [0.1, 0.15) is 6.73 Å². The topological polar surface area (TPSA) is 92.9 Å². The van der Waals surface area contributed by atoms with Gasteiger partial charge in [-0.3, -0.25) is 9.69 Å². The van der Waals surface area contributed by atoms with E-state index < -0.39 is 6.03 Å². The summed E-state index contributed by atoms with van der Waals surface area (Å²) in [5.74, 6) is -0.0129. The molecule has 6 nitrogen and oxygen atoms in total. The van der Waals surface area contributed by atoms with Crippen LogP contribution in [-0.4, -0.2) is 48.3 Å². The van der Waals surface area contributed by atoms with Crippen LogP contribution in [0, 0.1) is 5.92 Å². The molecule has 0 aliphatic heterocycles. The van der Waals surface area contributed by atoms with Crippen molar-refractivity contribution in [1.82, 2.24) is 4.90 Å². The zero-order valence-electron chi connectivity index (χ0n) is 11.7. The highest BCUT2D eigenvalue weighted by molar-refractivity contribution is 5.87. The Morgan fingerprint density at radius 3 is 2.63 bits per heavy atom. The smallest absolute Gasteiger partial charge is 0.316 e. The first-order chi connectivity index (χ1) is 9.01. The van der Waals surface area contributed by atoms with Crippen molar-refractivity contribution < 1.29 is 19.4 Å². The Balaban J connectivity index is 4.07. The Hall–Kier alpha value is -1.40. The molecule has 0 unspecified atom stereocenters. The maximum absolute atomic E-state index is 11.1. The predicted molar refractivity (Wildman–Crippen MR) is 72.4 cm³/mol. The van der Waals surface area contributed by atoms with Gasteiger partial charge in [0.15, 0.2) is 5.78 Å². The molecule has 0 radical (unpaired) electrons. The largest absolute Gasteiger partial charge is 0.396 e. The Labute approximate surface area is 114 Å². The molecule has 0 saturated heterocycles. The number of nitrogens with two attached hydrogens (primary N) is 1. The number of carbonyl (C=O) groups excluding carboxylic acids is 2. The fourth-order valence-electron chi connectivity index (χ4n) is 1.52. The molecule has 0 heterocycles. The molecule has 19 heavy (non-hydrogen) atoms. The molecule has 0 aromatic rings. The molecule has 0 spiro atoms. The molecule has 2 amide bonds. The van der Waals surface area contributed by atoms with E-state index in [9.17, 15) is 9.59 Å². The summed E-state index contributed by atoms with van der Waals surface area (Å²) in [5.41, 5.74) is 5.20. The van der Waals surface area contributed by atoms with Crippen LogP contribution in [0.4, 0.5) is 4.79 Å². The Kier molecular flexibility index (Phi) is 9.74. The van der Waals surface area contributed by atoms with Crippen molar-refractivity contribution in [2.75, 3.05) is 26.5 Å². The van der Waals surface area contributed by atoms with E-state index in [4.69, 9.17) is 15.6 Å². The van der Waals surface area contributed by atoms with Gasteiger partial charge in [0.05, 0.1) is 6.61 Å². The second kappa shape index (κ2) is 10.5. The van der Waals surface area contributed by atoms with Gasteiger partial charge in [-0.1, -0.05) is 19.4 Å². The monoisotopic (exact) mass is 272 g/mol. The molecule has 0 saturated carbocycles. The van der Waals surface area contributed by atoms with Gasteiger partial charge in [-0.25, -0.2) is 4.79 Å². The third-order valence-corrected chi connectivity index (χ3v) is 2.55. The van der Waals surface area contributed by atoms with Gasteiger partial charge in [-0.2, -0.15) is 0 Å². The van der Waals surface area contributed by atoms with Gasteiger partial charge in [-0.15, -0.1) is 0 Å². The van der Waals surface area contributed by atoms with E-state index in [-0.39, 0.29) is 31.6 Å². The molecule has 110 valence electrons. The average Bonchev–Trinajstić information content (AvgIpc) is 2.35. The fourth-order valence-corrected chi connectivity index (χ4v) is 1.52. The van der Waals surface area contributed by atoms with Crippen LogP contribution in [0.15, 0.2) is 12.2 Å². The summed E-state index contributed by atoms with van der Waals surface area (Å²) in [6.07, 6.45) is 4.78. The van der Waals surface area contributed by atoms with Gasteiger partial charge in [0, 0.05) is 19.1 Å². The Morgan fingerprint density at radius 1 is 1.47 bits per heavy atom. The number of nitrogens with zero attached hydrogens (tertiary/aromatic N) is 1. The Morgan fingerprint density at radius 2 is 2.16 bits per heavy atom. The van der Waals surface area contributed by atoms with Crippen LogP contribution >= 0.6 is 0 Å². The molecular weight excluding hydrogens is 248 g/mol. The van der Waals surface area contributed by atoms with Crippen LogP contribution in [0.25, 0.3) is 0 Å². The highest BCUT2D eigenvalue weighted by Gasteiger charge is 2.10. The third kappa shape index (κ3) is 9.21. The van der Waals surface area contributed by atoms with Crippen LogP contribution in [0.3, 0.4) is 0 Å². The van der Waals surface area contributed by atoms with Crippen LogP contribution in [-0.2, 0) is 9.53 Å². The molecular formula is C13H24N2O4. The molecule has 0 rings (SSSR count). The third-order valence-electron chi connectivity index (χ3n) is 2.55. The molecule has 1 atom stereocenters. The first-order valence-electron chi connectivity index (χ1n) is 6.41. The van der Waals surface area contributed by atoms with Gasteiger partial charge in [0.25, 0.3) is 0 Å². The summed E-state index contributed by atoms with van der Waals surface area (Å²) < 4.78 is 5.37. The van der Waals surface area contributed by atoms with Crippen molar-refractivity contribution in [1.29, 1.82) is 0 Å². The first-order valence-corrected chi connectivity index (χ1v) is 6.41. The lowest BCUT2D eigenvalue weighted by Crippen LogP contribution is -2.38. The zero-order chi connectivity index (χ0) is 14.7. The molecule has 0 aromatic heterocycles. The standard InChI is InChI=1S/C13H24N2O4/c1-3-5-12(8-16)9-19-10-15(13(14)18)7-4-6-11(2)17/h4,6,12,16H,3,5,7-10H2,1-2H3,(H2,14,18)/b6-4-/t12-/m1/s1. The summed E-state index contributed by atoms with van der Waals surface area (Å²) in [6, 6.07) is -0.607. The number of allylic oxidation sites excluding steroid dienone is 1. The quantitative estimate of drug-likeness (QED) is 0.456. The van der Waals surface area contributed by atoms with Crippen molar-refractivity contribution in [2.45, 2.75) is 26.7 Å². The van der Waals surface area contributed by atoms with E-state index in [0.717, 1.165) is 12.8 Å². The minimum absolute atomic E-state index is 0.0534. The minimum Gasteiger partial charge on any atom is -0.396 e. The van der Waals surface area contributed by atoms with E-state index in [1.807, 2.05) is 6.92 Å². The molecule has 0 aromatic carbocycles. The van der Waals surface area contributed by atoms with E-state index >= 15 is 0 Å². The molecule has 0 bridgehead atoms. The van der Waals surface area contributed by atoms with E-state index in [0.29, 0.717) is 6.61 Å². The summed E-state index contributed by atoms with van der Waals surface area (Å²) >= 11 is 0. The van der Waals surface area contributed by atoms with E-state index in [1.54, 1.807) is 6.08 Å². The number of urea groups is 1. The number of primary amides is 1.